The molecule has 5 unspecified atom stereocenters. The Morgan fingerprint density at radius 2 is 2.07 bits per heavy atom. The van der Waals surface area contributed by atoms with Crippen molar-refractivity contribution in [2.75, 3.05) is 13.2 Å². The van der Waals surface area contributed by atoms with E-state index in [-0.39, 0.29) is 25.5 Å². The second-order valence-electron chi connectivity index (χ2n) is 6.52. The summed E-state index contributed by atoms with van der Waals surface area (Å²) in [5, 5.41) is 22.3. The summed E-state index contributed by atoms with van der Waals surface area (Å²) in [6, 6.07) is 5.20. The lowest BCUT2D eigenvalue weighted by atomic mass is 10.0. The van der Waals surface area contributed by atoms with Gasteiger partial charge in [-0.25, -0.2) is 4.57 Å². The van der Waals surface area contributed by atoms with Gasteiger partial charge in [0.15, 0.2) is 0 Å². The van der Waals surface area contributed by atoms with Crippen molar-refractivity contribution in [1.29, 1.82) is 0 Å². The number of hydrogen-bond donors (Lipinski definition) is 5. The molecule has 0 spiro atoms. The molecule has 5 atom stereocenters. The zero-order chi connectivity index (χ0) is 20.5. The highest BCUT2D eigenvalue weighted by atomic mass is 32.2. The van der Waals surface area contributed by atoms with Crippen LogP contribution < -0.4 is 10.1 Å². The van der Waals surface area contributed by atoms with Gasteiger partial charge in [-0.1, -0.05) is 6.07 Å². The third-order valence-corrected chi connectivity index (χ3v) is 6.21. The number of aliphatic hydroxyl groups excluding tert-OH is 2. The highest BCUT2D eigenvalue weighted by Gasteiger charge is 2.47. The molecule has 12 heteroatoms. The Bertz CT molecular complexity index is 772. The van der Waals surface area contributed by atoms with Crippen LogP contribution in [0.1, 0.15) is 12.5 Å². The van der Waals surface area contributed by atoms with Gasteiger partial charge < -0.3 is 34.8 Å². The van der Waals surface area contributed by atoms with Gasteiger partial charge in [0.05, 0.1) is 24.0 Å². The minimum absolute atomic E-state index is 0.0316. The second kappa shape index (κ2) is 8.68. The van der Waals surface area contributed by atoms with Gasteiger partial charge in [0, 0.05) is 6.54 Å². The van der Waals surface area contributed by atoms with Gasteiger partial charge in [-0.15, -0.1) is 11.8 Å². The average molecular weight is 435 g/mol. The first-order valence-corrected chi connectivity index (χ1v) is 11.0. The van der Waals surface area contributed by atoms with Crippen molar-refractivity contribution in [2.24, 2.45) is 0 Å². The maximum absolute atomic E-state index is 12.0. The first-order valence-electron chi connectivity index (χ1n) is 8.58. The zero-order valence-electron chi connectivity index (χ0n) is 14.9. The molecule has 0 aromatic heterocycles. The predicted molar refractivity (Wildman–Crippen MR) is 97.8 cm³/mol. The number of carbonyl (C=O) groups excluding carboxylic acids is 1. The van der Waals surface area contributed by atoms with E-state index < -0.39 is 37.7 Å². The molecule has 1 amide bonds. The monoisotopic (exact) mass is 435 g/mol. The fourth-order valence-corrected chi connectivity index (χ4v) is 4.55. The molecule has 3 rings (SSSR count). The number of nitrogens with one attached hydrogen (secondary N) is 1. The lowest BCUT2D eigenvalue weighted by Gasteiger charge is -2.43. The van der Waals surface area contributed by atoms with Crippen LogP contribution in [0.4, 0.5) is 0 Å². The maximum Gasteiger partial charge on any atom is 0.469 e. The van der Waals surface area contributed by atoms with Crippen LogP contribution in [0.5, 0.6) is 5.75 Å². The third-order valence-electron chi connectivity index (χ3n) is 4.35. The number of rotatable bonds is 6. The molecular weight excluding hydrogens is 413 g/mol. The van der Waals surface area contributed by atoms with Crippen molar-refractivity contribution < 1.29 is 43.4 Å². The number of aliphatic hydroxyl groups is 2. The molecule has 2 aliphatic heterocycles. The molecule has 0 aliphatic carbocycles. The fourth-order valence-electron chi connectivity index (χ4n) is 2.95. The Labute approximate surface area is 165 Å². The van der Waals surface area contributed by atoms with E-state index in [4.69, 9.17) is 19.3 Å². The van der Waals surface area contributed by atoms with Gasteiger partial charge in [-0.3, -0.25) is 9.32 Å². The van der Waals surface area contributed by atoms with Crippen molar-refractivity contribution in [3.05, 3.63) is 23.8 Å². The summed E-state index contributed by atoms with van der Waals surface area (Å²) in [7, 11) is -4.55. The second-order valence-corrected chi connectivity index (χ2v) is 8.98. The summed E-state index contributed by atoms with van der Waals surface area (Å²) in [4.78, 5) is 29.9. The quantitative estimate of drug-likeness (QED) is 0.299. The Morgan fingerprint density at radius 3 is 2.79 bits per heavy atom. The van der Waals surface area contributed by atoms with E-state index in [0.717, 1.165) is 4.90 Å². The number of thioether (sulfide) groups is 1. The van der Waals surface area contributed by atoms with E-state index in [2.05, 4.69) is 9.84 Å². The van der Waals surface area contributed by atoms with Gasteiger partial charge in [0.25, 0.3) is 0 Å². The summed E-state index contributed by atoms with van der Waals surface area (Å²) in [5.41, 5.74) is 0.696. The number of benzene rings is 1. The van der Waals surface area contributed by atoms with E-state index in [1.54, 1.807) is 25.1 Å². The molecule has 0 saturated carbocycles. The van der Waals surface area contributed by atoms with Gasteiger partial charge in [-0.2, -0.15) is 0 Å². The van der Waals surface area contributed by atoms with Crippen molar-refractivity contribution in [1.82, 2.24) is 5.32 Å². The number of amides is 1. The van der Waals surface area contributed by atoms with Gasteiger partial charge >= 0.3 is 7.82 Å². The van der Waals surface area contributed by atoms with E-state index >= 15 is 0 Å². The largest absolute Gasteiger partial charge is 0.469 e. The molecule has 5 N–H and O–H groups in total. The fraction of sp³-hybridized carbons (Fsp3) is 0.562. The van der Waals surface area contributed by atoms with E-state index in [9.17, 15) is 19.6 Å². The molecule has 156 valence electrons. The van der Waals surface area contributed by atoms with Crippen molar-refractivity contribution in [3.8, 4) is 5.75 Å². The first-order chi connectivity index (χ1) is 13.1. The SMILES string of the molecule is CC1OC2Oc3ccc(CC(=O)NCCOP(=O)(O)O)cc3SC2C(O)C1O. The van der Waals surface area contributed by atoms with Crippen LogP contribution in [-0.4, -0.2) is 68.9 Å². The number of carbonyl (C=O) groups is 1. The minimum Gasteiger partial charge on any atom is -0.462 e. The van der Waals surface area contributed by atoms with Crippen LogP contribution in [0, 0.1) is 0 Å². The van der Waals surface area contributed by atoms with E-state index in [1.165, 1.54) is 11.8 Å². The van der Waals surface area contributed by atoms with Crippen molar-refractivity contribution >= 4 is 25.5 Å². The summed E-state index contributed by atoms with van der Waals surface area (Å²) >= 11 is 1.32. The Morgan fingerprint density at radius 1 is 1.32 bits per heavy atom. The molecule has 0 radical (unpaired) electrons. The number of hydrogen-bond acceptors (Lipinski definition) is 8. The topological polar surface area (TPSA) is 155 Å². The molecule has 1 saturated heterocycles. The molecule has 1 aromatic rings. The lowest BCUT2D eigenvalue weighted by molar-refractivity contribution is -0.213. The molecule has 1 aromatic carbocycles. The normalized spacial score (nSPS) is 29.4. The summed E-state index contributed by atoms with van der Waals surface area (Å²) in [5.74, 6) is 0.236. The van der Waals surface area contributed by atoms with Gasteiger partial charge in [0.2, 0.25) is 12.2 Å². The molecule has 1 fully saturated rings. The highest BCUT2D eigenvalue weighted by Crippen LogP contribution is 2.44. The maximum atomic E-state index is 12.0. The summed E-state index contributed by atoms with van der Waals surface area (Å²) in [6.45, 7) is 1.34. The van der Waals surface area contributed by atoms with Crippen molar-refractivity contribution in [2.45, 2.75) is 48.1 Å². The molecule has 0 bridgehead atoms. The van der Waals surface area contributed by atoms with Crippen LogP contribution in [0.2, 0.25) is 0 Å². The Hall–Kier alpha value is -1.17. The van der Waals surface area contributed by atoms with Crippen LogP contribution in [-0.2, 0) is 25.0 Å². The molecule has 2 aliphatic rings. The third kappa shape index (κ3) is 5.25. The van der Waals surface area contributed by atoms with Crippen LogP contribution in [0.25, 0.3) is 0 Å². The summed E-state index contributed by atoms with van der Waals surface area (Å²) in [6.07, 6.45) is -3.18. The standard InChI is InChI=1S/C16H22NO9PS/c1-8-13(19)14(20)15-16(25-8)26-10-3-2-9(6-11(10)28-15)7-12(18)17-4-5-24-27(21,22)23/h2-3,6,8,13-16,19-20H,4-5,7H2,1H3,(H,17,18)(H2,21,22,23). The highest BCUT2D eigenvalue weighted by molar-refractivity contribution is 8.00. The Balaban J connectivity index is 1.58. The lowest BCUT2D eigenvalue weighted by Crippen LogP contribution is -2.57. The predicted octanol–water partition coefficient (Wildman–Crippen LogP) is -0.226. The van der Waals surface area contributed by atoms with Crippen LogP contribution >= 0.6 is 19.6 Å². The number of ether oxygens (including phenoxy) is 2. The number of phosphoric ester groups is 1. The van der Waals surface area contributed by atoms with Crippen LogP contribution in [0.15, 0.2) is 23.1 Å². The molecule has 10 nitrogen and oxygen atoms in total. The first kappa shape index (κ1) is 21.5. The number of fused-ring (bicyclic) bond motifs is 2. The number of phosphoric acid groups is 1. The smallest absolute Gasteiger partial charge is 0.462 e. The molecular formula is C16H22NO9PS. The minimum atomic E-state index is -4.55. The van der Waals surface area contributed by atoms with Gasteiger partial charge in [-0.05, 0) is 24.6 Å². The van der Waals surface area contributed by atoms with Crippen molar-refractivity contribution in [3.63, 3.8) is 0 Å². The van der Waals surface area contributed by atoms with E-state index in [1.807, 2.05) is 0 Å². The van der Waals surface area contributed by atoms with Crippen LogP contribution in [0.3, 0.4) is 0 Å². The van der Waals surface area contributed by atoms with Gasteiger partial charge in [0.1, 0.15) is 23.2 Å². The molecule has 28 heavy (non-hydrogen) atoms. The average Bonchev–Trinajstić information content (AvgIpc) is 2.62. The summed E-state index contributed by atoms with van der Waals surface area (Å²) < 4.78 is 26.2. The Kier molecular flexibility index (Phi) is 6.68. The van der Waals surface area contributed by atoms with E-state index in [0.29, 0.717) is 11.3 Å². The zero-order valence-corrected chi connectivity index (χ0v) is 16.6. The molecule has 2 heterocycles.